The van der Waals surface area contributed by atoms with E-state index in [1.807, 2.05) is 67.7 Å². The maximum absolute atomic E-state index is 12.5. The Morgan fingerprint density at radius 3 is 2.63 bits per heavy atom. The molecule has 0 bridgehead atoms. The van der Waals surface area contributed by atoms with Gasteiger partial charge in [0.2, 0.25) is 0 Å². The lowest BCUT2D eigenvalue weighted by molar-refractivity contribution is 0.0939. The zero-order valence-corrected chi connectivity index (χ0v) is 16.3. The second kappa shape index (κ2) is 9.39. The van der Waals surface area contributed by atoms with Crippen LogP contribution in [0.2, 0.25) is 0 Å². The number of aromatic nitrogens is 1. The van der Waals surface area contributed by atoms with Crippen molar-refractivity contribution < 1.29 is 9.21 Å². The number of hydrogen-bond donors (Lipinski definition) is 1. The molecule has 6 heteroatoms. The minimum Gasteiger partial charge on any atom is -0.468 e. The molecule has 1 aromatic carbocycles. The number of likely N-dealkylation sites (N-methyl/N-ethyl adjacent to an activating group) is 1. The van der Waals surface area contributed by atoms with Crippen LogP contribution in [0.1, 0.15) is 27.7 Å². The normalized spacial score (nSPS) is 12.1. The molecular weight excluding hydrogens is 358 g/mol. The molecule has 0 aliphatic rings. The van der Waals surface area contributed by atoms with Gasteiger partial charge in [0.1, 0.15) is 5.76 Å². The molecule has 0 fully saturated rings. The first-order chi connectivity index (χ1) is 13.1. The predicted molar refractivity (Wildman–Crippen MR) is 108 cm³/mol. The van der Waals surface area contributed by atoms with E-state index in [0.717, 1.165) is 16.4 Å². The van der Waals surface area contributed by atoms with Crippen molar-refractivity contribution in [2.24, 2.45) is 0 Å². The van der Waals surface area contributed by atoms with Crippen LogP contribution in [-0.2, 0) is 5.75 Å². The van der Waals surface area contributed by atoms with E-state index < -0.39 is 0 Å². The number of rotatable bonds is 8. The number of benzene rings is 1. The van der Waals surface area contributed by atoms with E-state index in [1.54, 1.807) is 24.2 Å². The van der Waals surface area contributed by atoms with E-state index in [2.05, 4.69) is 16.4 Å². The van der Waals surface area contributed by atoms with Crippen LogP contribution in [0.25, 0.3) is 0 Å². The van der Waals surface area contributed by atoms with Crippen LogP contribution in [0.4, 0.5) is 0 Å². The fraction of sp³-hybridized carbons (Fsp3) is 0.238. The number of thioether (sulfide) groups is 1. The maximum atomic E-state index is 12.5. The largest absolute Gasteiger partial charge is 0.468 e. The van der Waals surface area contributed by atoms with Crippen molar-refractivity contribution in [3.63, 3.8) is 0 Å². The van der Waals surface area contributed by atoms with Gasteiger partial charge in [-0.1, -0.05) is 6.07 Å². The van der Waals surface area contributed by atoms with Crippen LogP contribution < -0.4 is 5.32 Å². The molecule has 0 saturated carbocycles. The minimum atomic E-state index is -0.0859. The lowest BCUT2D eigenvalue weighted by Crippen LogP contribution is -2.34. The number of nitrogens with one attached hydrogen (secondary N) is 1. The molecule has 140 valence electrons. The summed E-state index contributed by atoms with van der Waals surface area (Å²) < 4.78 is 5.47. The Bertz CT molecular complexity index is 834. The zero-order valence-electron chi connectivity index (χ0n) is 15.5. The molecule has 1 unspecified atom stereocenters. The number of furan rings is 1. The highest BCUT2D eigenvalue weighted by Gasteiger charge is 2.18. The third kappa shape index (κ3) is 5.45. The quantitative estimate of drug-likeness (QED) is 0.598. The maximum Gasteiger partial charge on any atom is 0.251 e. The molecule has 3 aromatic rings. The van der Waals surface area contributed by atoms with Gasteiger partial charge in [0.05, 0.1) is 12.3 Å². The third-order valence-corrected chi connectivity index (χ3v) is 5.28. The summed E-state index contributed by atoms with van der Waals surface area (Å²) in [6.45, 7) is 0.483. The van der Waals surface area contributed by atoms with Gasteiger partial charge in [0.15, 0.2) is 0 Å². The topological polar surface area (TPSA) is 58.4 Å². The van der Waals surface area contributed by atoms with Gasteiger partial charge in [-0.25, -0.2) is 0 Å². The molecule has 0 saturated heterocycles. The van der Waals surface area contributed by atoms with Crippen LogP contribution in [0.15, 0.2) is 76.5 Å². The second-order valence-electron chi connectivity index (χ2n) is 6.38. The van der Waals surface area contributed by atoms with Crippen molar-refractivity contribution in [3.8, 4) is 0 Å². The molecule has 3 rings (SSSR count). The highest BCUT2D eigenvalue weighted by atomic mass is 32.2. The standard InChI is InChI=1S/C21H23N3O2S/c1-24(2)19(20-6-4-12-26-20)14-23-21(25)17-7-9-18(10-8-17)27-15-16-5-3-11-22-13-16/h3-13,19H,14-15H2,1-2H3,(H,23,25). The molecule has 0 radical (unpaired) electrons. The predicted octanol–water partition coefficient (Wildman–Crippen LogP) is 4.00. The molecule has 27 heavy (non-hydrogen) atoms. The minimum absolute atomic E-state index is 0.00161. The Hall–Kier alpha value is -2.57. The summed E-state index contributed by atoms with van der Waals surface area (Å²) in [5.41, 5.74) is 1.83. The van der Waals surface area contributed by atoms with Gasteiger partial charge >= 0.3 is 0 Å². The van der Waals surface area contributed by atoms with Crippen molar-refractivity contribution in [1.82, 2.24) is 15.2 Å². The first kappa shape index (κ1) is 19.2. The number of nitrogens with zero attached hydrogens (tertiary/aromatic N) is 2. The van der Waals surface area contributed by atoms with Crippen LogP contribution >= 0.6 is 11.8 Å². The van der Waals surface area contributed by atoms with Gasteiger partial charge in [-0.2, -0.15) is 0 Å². The van der Waals surface area contributed by atoms with E-state index >= 15 is 0 Å². The molecule has 0 aliphatic carbocycles. The Morgan fingerprint density at radius 2 is 2.00 bits per heavy atom. The molecule has 1 amide bonds. The summed E-state index contributed by atoms with van der Waals surface area (Å²) in [5.74, 6) is 1.60. The van der Waals surface area contributed by atoms with E-state index in [4.69, 9.17) is 4.42 Å². The molecule has 2 aromatic heterocycles. The molecule has 1 N–H and O–H groups in total. The Balaban J connectivity index is 1.54. The SMILES string of the molecule is CN(C)C(CNC(=O)c1ccc(SCc2cccnc2)cc1)c1ccco1. The van der Waals surface area contributed by atoms with Crippen LogP contribution in [-0.4, -0.2) is 36.4 Å². The summed E-state index contributed by atoms with van der Waals surface area (Å²) in [6, 6.07) is 15.4. The van der Waals surface area contributed by atoms with Crippen LogP contribution in [0.3, 0.4) is 0 Å². The third-order valence-electron chi connectivity index (χ3n) is 4.20. The average Bonchev–Trinajstić information content (AvgIpc) is 3.22. The Kier molecular flexibility index (Phi) is 6.68. The lowest BCUT2D eigenvalue weighted by atomic mass is 10.2. The number of pyridine rings is 1. The average molecular weight is 382 g/mol. The number of hydrogen-bond acceptors (Lipinski definition) is 5. The van der Waals surface area contributed by atoms with Gasteiger partial charge in [0, 0.05) is 35.2 Å². The van der Waals surface area contributed by atoms with E-state index in [-0.39, 0.29) is 11.9 Å². The van der Waals surface area contributed by atoms with Gasteiger partial charge in [-0.05, 0) is 62.1 Å². The van der Waals surface area contributed by atoms with Crippen molar-refractivity contribution >= 4 is 17.7 Å². The van der Waals surface area contributed by atoms with E-state index in [9.17, 15) is 4.79 Å². The number of carbonyl (C=O) groups excluding carboxylic acids is 1. The molecule has 2 heterocycles. The number of carbonyl (C=O) groups is 1. The molecule has 1 atom stereocenters. The highest BCUT2D eigenvalue weighted by Crippen LogP contribution is 2.23. The molecular formula is C21H23N3O2S. The van der Waals surface area contributed by atoms with Crippen molar-refractivity contribution in [2.75, 3.05) is 20.6 Å². The molecule has 0 spiro atoms. The summed E-state index contributed by atoms with van der Waals surface area (Å²) in [5, 5.41) is 2.99. The summed E-state index contributed by atoms with van der Waals surface area (Å²) in [4.78, 5) is 19.7. The Labute approximate surface area is 163 Å². The Morgan fingerprint density at radius 1 is 1.19 bits per heavy atom. The smallest absolute Gasteiger partial charge is 0.251 e. The van der Waals surface area contributed by atoms with E-state index in [0.29, 0.717) is 12.1 Å². The monoisotopic (exact) mass is 381 g/mol. The summed E-state index contributed by atoms with van der Waals surface area (Å²) in [6.07, 6.45) is 5.29. The summed E-state index contributed by atoms with van der Waals surface area (Å²) in [7, 11) is 3.93. The second-order valence-corrected chi connectivity index (χ2v) is 7.43. The zero-order chi connectivity index (χ0) is 19.1. The van der Waals surface area contributed by atoms with Gasteiger partial charge < -0.3 is 9.73 Å². The highest BCUT2D eigenvalue weighted by molar-refractivity contribution is 7.98. The lowest BCUT2D eigenvalue weighted by Gasteiger charge is -2.22. The molecule has 5 nitrogen and oxygen atoms in total. The van der Waals surface area contributed by atoms with Gasteiger partial charge in [-0.15, -0.1) is 11.8 Å². The van der Waals surface area contributed by atoms with Gasteiger partial charge in [-0.3, -0.25) is 14.7 Å². The van der Waals surface area contributed by atoms with Crippen LogP contribution in [0.5, 0.6) is 0 Å². The van der Waals surface area contributed by atoms with Crippen molar-refractivity contribution in [3.05, 3.63) is 84.1 Å². The number of amides is 1. The first-order valence-electron chi connectivity index (χ1n) is 8.73. The fourth-order valence-electron chi connectivity index (χ4n) is 2.66. The van der Waals surface area contributed by atoms with Crippen LogP contribution in [0, 0.1) is 0 Å². The van der Waals surface area contributed by atoms with E-state index in [1.165, 1.54) is 5.56 Å². The first-order valence-corrected chi connectivity index (χ1v) is 9.72. The van der Waals surface area contributed by atoms with Crippen molar-refractivity contribution in [2.45, 2.75) is 16.7 Å². The molecule has 0 aliphatic heterocycles. The summed E-state index contributed by atoms with van der Waals surface area (Å²) >= 11 is 1.72. The van der Waals surface area contributed by atoms with Crippen molar-refractivity contribution in [1.29, 1.82) is 0 Å². The van der Waals surface area contributed by atoms with Gasteiger partial charge in [0.25, 0.3) is 5.91 Å². The fourth-order valence-corrected chi connectivity index (χ4v) is 3.50.